The lowest BCUT2D eigenvalue weighted by Gasteiger charge is -2.38. The third-order valence-corrected chi connectivity index (χ3v) is 5.43. The van der Waals surface area contributed by atoms with Crippen molar-refractivity contribution in [1.82, 2.24) is 5.23 Å². The van der Waals surface area contributed by atoms with Crippen molar-refractivity contribution in [1.29, 1.82) is 0 Å². The lowest BCUT2D eigenvalue weighted by atomic mass is 9.69. The maximum Gasteiger partial charge on any atom is 0.416 e. The Morgan fingerprint density at radius 2 is 1.43 bits per heavy atom. The Kier molecular flexibility index (Phi) is 6.22. The molecule has 1 saturated heterocycles. The molecule has 142 valence electrons. The van der Waals surface area contributed by atoms with Crippen molar-refractivity contribution >= 4 is 12.5 Å². The summed E-state index contributed by atoms with van der Waals surface area (Å²) in [5.41, 5.74) is 10.4. The van der Waals surface area contributed by atoms with Crippen LogP contribution >= 0.6 is 0 Å². The summed E-state index contributed by atoms with van der Waals surface area (Å²) in [5, 5.41) is 3.69. The average Bonchev–Trinajstić information content (AvgIpc) is 2.75. The molecule has 0 aromatic heterocycles. The lowest BCUT2D eigenvalue weighted by Crippen LogP contribution is -2.62. The van der Waals surface area contributed by atoms with Crippen LogP contribution < -0.4 is 16.4 Å². The fraction of sp³-hybridized carbons (Fsp3) is 0.250. The molecule has 3 nitrogen and oxygen atoms in total. The Hall–Kier alpha value is -2.40. The van der Waals surface area contributed by atoms with E-state index < -0.39 is 0 Å². The standard InChI is InChI=1S/C24H27BN2O/c26-23(17-20-12-6-2-7-13-20)24-18-22(16-19-10-4-1-5-11-19)27-25(28-24)21-14-8-3-9-15-21/h1-15,22-24,27H,16-18,26H2/t22-,23?,24?/m0/s1. The first-order chi connectivity index (χ1) is 13.8. The smallest absolute Gasteiger partial charge is 0.413 e. The van der Waals surface area contributed by atoms with E-state index in [1.807, 2.05) is 12.1 Å². The summed E-state index contributed by atoms with van der Waals surface area (Å²) >= 11 is 0. The van der Waals surface area contributed by atoms with Gasteiger partial charge in [-0.3, -0.25) is 0 Å². The molecule has 3 atom stereocenters. The third kappa shape index (κ3) is 4.90. The van der Waals surface area contributed by atoms with Crippen LogP contribution in [0, 0.1) is 0 Å². The SMILES string of the molecule is NC(Cc1ccccc1)C1C[C@H](Cc2ccccc2)NB(c2ccccc2)O1. The molecule has 1 aliphatic rings. The molecule has 0 radical (unpaired) electrons. The second-order valence-electron chi connectivity index (χ2n) is 7.61. The van der Waals surface area contributed by atoms with Gasteiger partial charge in [-0.05, 0) is 35.9 Å². The monoisotopic (exact) mass is 370 g/mol. The zero-order chi connectivity index (χ0) is 19.2. The van der Waals surface area contributed by atoms with Crippen LogP contribution in [0.3, 0.4) is 0 Å². The molecule has 3 N–H and O–H groups in total. The van der Waals surface area contributed by atoms with E-state index in [0.717, 1.165) is 24.7 Å². The van der Waals surface area contributed by atoms with E-state index in [1.165, 1.54) is 11.1 Å². The van der Waals surface area contributed by atoms with Gasteiger partial charge in [-0.25, -0.2) is 0 Å². The predicted molar refractivity (Wildman–Crippen MR) is 117 cm³/mol. The number of nitrogens with one attached hydrogen (secondary N) is 1. The van der Waals surface area contributed by atoms with Crippen molar-refractivity contribution < 1.29 is 4.65 Å². The Labute approximate surface area is 168 Å². The van der Waals surface area contributed by atoms with E-state index in [0.29, 0.717) is 6.04 Å². The summed E-state index contributed by atoms with van der Waals surface area (Å²) in [4.78, 5) is 0. The fourth-order valence-electron chi connectivity index (χ4n) is 3.97. The van der Waals surface area contributed by atoms with Gasteiger partial charge >= 0.3 is 7.05 Å². The highest BCUT2D eigenvalue weighted by atomic mass is 16.5. The molecule has 1 heterocycles. The van der Waals surface area contributed by atoms with Gasteiger partial charge in [0.1, 0.15) is 0 Å². The van der Waals surface area contributed by atoms with Crippen molar-refractivity contribution in [2.24, 2.45) is 5.73 Å². The molecule has 0 bridgehead atoms. The van der Waals surface area contributed by atoms with Gasteiger partial charge in [0.15, 0.2) is 0 Å². The highest BCUT2D eigenvalue weighted by molar-refractivity contribution is 6.65. The first-order valence-corrected chi connectivity index (χ1v) is 10.1. The summed E-state index contributed by atoms with van der Waals surface area (Å²) < 4.78 is 6.44. The van der Waals surface area contributed by atoms with Gasteiger partial charge in [0.2, 0.25) is 0 Å². The molecule has 0 spiro atoms. The molecule has 0 aliphatic carbocycles. The summed E-state index contributed by atoms with van der Waals surface area (Å²) in [6.45, 7) is 0. The summed E-state index contributed by atoms with van der Waals surface area (Å²) in [6, 6.07) is 31.7. The number of hydrogen-bond donors (Lipinski definition) is 2. The Morgan fingerprint density at radius 1 is 0.857 bits per heavy atom. The number of hydrogen-bond acceptors (Lipinski definition) is 3. The molecule has 3 aromatic carbocycles. The maximum atomic E-state index is 6.62. The zero-order valence-electron chi connectivity index (χ0n) is 16.1. The molecule has 1 fully saturated rings. The minimum atomic E-state index is -0.129. The lowest BCUT2D eigenvalue weighted by molar-refractivity contribution is 0.122. The molecule has 0 amide bonds. The molecule has 1 aliphatic heterocycles. The highest BCUT2D eigenvalue weighted by Gasteiger charge is 2.36. The molecule has 2 unspecified atom stereocenters. The average molecular weight is 370 g/mol. The number of benzene rings is 3. The quantitative estimate of drug-likeness (QED) is 0.656. The van der Waals surface area contributed by atoms with Crippen LogP contribution in [0.15, 0.2) is 91.0 Å². The molecular formula is C24H27BN2O. The van der Waals surface area contributed by atoms with Crippen molar-refractivity contribution in [2.75, 3.05) is 0 Å². The van der Waals surface area contributed by atoms with Gasteiger partial charge in [0, 0.05) is 12.1 Å². The molecule has 3 aromatic rings. The van der Waals surface area contributed by atoms with E-state index in [9.17, 15) is 0 Å². The fourth-order valence-corrected chi connectivity index (χ4v) is 3.97. The summed E-state index contributed by atoms with van der Waals surface area (Å²) in [6.07, 6.45) is 2.72. The second kappa shape index (κ2) is 9.20. The first kappa shape index (κ1) is 18.9. The van der Waals surface area contributed by atoms with E-state index in [4.69, 9.17) is 10.4 Å². The van der Waals surface area contributed by atoms with Crippen molar-refractivity contribution in [3.63, 3.8) is 0 Å². The van der Waals surface area contributed by atoms with Crippen LogP contribution in [0.25, 0.3) is 0 Å². The van der Waals surface area contributed by atoms with E-state index in [2.05, 4.69) is 84.1 Å². The molecular weight excluding hydrogens is 343 g/mol. The Morgan fingerprint density at radius 3 is 2.07 bits per heavy atom. The van der Waals surface area contributed by atoms with Crippen molar-refractivity contribution in [3.05, 3.63) is 102 Å². The van der Waals surface area contributed by atoms with Gasteiger partial charge in [-0.2, -0.15) is 0 Å². The van der Waals surface area contributed by atoms with Gasteiger partial charge in [0.05, 0.1) is 6.10 Å². The van der Waals surface area contributed by atoms with Crippen LogP contribution in [0.2, 0.25) is 0 Å². The normalized spacial score (nSPS) is 20.7. The zero-order valence-corrected chi connectivity index (χ0v) is 16.1. The predicted octanol–water partition coefficient (Wildman–Crippen LogP) is 2.94. The number of nitrogens with two attached hydrogens (primary N) is 1. The molecule has 4 heteroatoms. The van der Waals surface area contributed by atoms with Crippen LogP contribution in [0.4, 0.5) is 0 Å². The maximum absolute atomic E-state index is 6.62. The van der Waals surface area contributed by atoms with Crippen molar-refractivity contribution in [2.45, 2.75) is 37.5 Å². The van der Waals surface area contributed by atoms with Crippen LogP contribution in [0.5, 0.6) is 0 Å². The van der Waals surface area contributed by atoms with Crippen LogP contribution in [0.1, 0.15) is 17.5 Å². The number of rotatable bonds is 6. The topological polar surface area (TPSA) is 47.3 Å². The highest BCUT2D eigenvalue weighted by Crippen LogP contribution is 2.19. The van der Waals surface area contributed by atoms with E-state index >= 15 is 0 Å². The van der Waals surface area contributed by atoms with Gasteiger partial charge < -0.3 is 15.6 Å². The van der Waals surface area contributed by atoms with Crippen LogP contribution in [-0.4, -0.2) is 25.2 Å². The Balaban J connectivity index is 1.51. The Bertz CT molecular complexity index is 844. The minimum absolute atomic E-state index is 0.0142. The van der Waals surface area contributed by atoms with Gasteiger partial charge in [0.25, 0.3) is 0 Å². The molecule has 4 rings (SSSR count). The van der Waals surface area contributed by atoms with E-state index in [1.54, 1.807) is 0 Å². The van der Waals surface area contributed by atoms with Gasteiger partial charge in [-0.1, -0.05) is 91.0 Å². The van der Waals surface area contributed by atoms with Crippen molar-refractivity contribution in [3.8, 4) is 0 Å². The third-order valence-electron chi connectivity index (χ3n) is 5.43. The first-order valence-electron chi connectivity index (χ1n) is 10.1. The second-order valence-corrected chi connectivity index (χ2v) is 7.61. The van der Waals surface area contributed by atoms with Crippen LogP contribution in [-0.2, 0) is 17.5 Å². The summed E-state index contributed by atoms with van der Waals surface area (Å²) in [5.74, 6) is 0. The molecule has 28 heavy (non-hydrogen) atoms. The minimum Gasteiger partial charge on any atom is -0.413 e. The molecule has 0 saturated carbocycles. The largest absolute Gasteiger partial charge is 0.416 e. The van der Waals surface area contributed by atoms with E-state index in [-0.39, 0.29) is 19.2 Å². The van der Waals surface area contributed by atoms with Gasteiger partial charge in [-0.15, -0.1) is 0 Å². The summed E-state index contributed by atoms with van der Waals surface area (Å²) in [7, 11) is -0.129.